The third-order valence-electron chi connectivity index (χ3n) is 8.46. The van der Waals surface area contributed by atoms with Crippen molar-refractivity contribution in [2.75, 3.05) is 14.2 Å². The van der Waals surface area contributed by atoms with E-state index in [1.54, 1.807) is 0 Å². The van der Waals surface area contributed by atoms with Crippen molar-refractivity contribution in [1.29, 1.82) is 0 Å². The van der Waals surface area contributed by atoms with Crippen LogP contribution >= 0.6 is 0 Å². The SMILES string of the molecule is COC(=O)[C@@H]1[C@H]2C(=C3CCCC[C@@H]3[C@H]1C(=O)OC)C(=O)[C@@H]1[C@H]3CC[C@H](C3)[C@@H]12. The number of carbonyl (C=O) groups is 3. The van der Waals surface area contributed by atoms with Gasteiger partial charge in [0.2, 0.25) is 0 Å². The van der Waals surface area contributed by atoms with Crippen molar-refractivity contribution in [3.05, 3.63) is 11.1 Å². The van der Waals surface area contributed by atoms with Crippen LogP contribution in [0.3, 0.4) is 0 Å². The number of methoxy groups -OCH3 is 2. The molecule has 0 N–H and O–H groups in total. The topological polar surface area (TPSA) is 69.7 Å². The summed E-state index contributed by atoms with van der Waals surface area (Å²) in [5.41, 5.74) is 2.11. The summed E-state index contributed by atoms with van der Waals surface area (Å²) in [4.78, 5) is 39.3. The molecular weight excluding hydrogens is 344 g/mol. The molecule has 146 valence electrons. The van der Waals surface area contributed by atoms with Gasteiger partial charge in [0.25, 0.3) is 0 Å². The molecule has 8 atom stereocenters. The quantitative estimate of drug-likeness (QED) is 0.697. The van der Waals surface area contributed by atoms with Crippen molar-refractivity contribution in [2.24, 2.45) is 47.3 Å². The molecule has 0 radical (unpaired) electrons. The minimum atomic E-state index is -0.567. The Kier molecular flexibility index (Phi) is 3.99. The molecular formula is C22H28O5. The van der Waals surface area contributed by atoms with Crippen molar-refractivity contribution in [3.63, 3.8) is 0 Å². The van der Waals surface area contributed by atoms with Crippen molar-refractivity contribution in [3.8, 4) is 0 Å². The van der Waals surface area contributed by atoms with Crippen molar-refractivity contribution >= 4 is 17.7 Å². The van der Waals surface area contributed by atoms with Gasteiger partial charge in [-0.05, 0) is 67.8 Å². The van der Waals surface area contributed by atoms with Gasteiger partial charge >= 0.3 is 11.9 Å². The highest BCUT2D eigenvalue weighted by molar-refractivity contribution is 6.04. The molecule has 5 nitrogen and oxygen atoms in total. The molecule has 0 unspecified atom stereocenters. The normalized spacial score (nSPS) is 44.6. The molecule has 4 saturated carbocycles. The van der Waals surface area contributed by atoms with Crippen LogP contribution in [0.2, 0.25) is 0 Å². The summed E-state index contributed by atoms with van der Waals surface area (Å²) >= 11 is 0. The number of esters is 2. The lowest BCUT2D eigenvalue weighted by Gasteiger charge is -2.44. The fourth-order valence-corrected chi connectivity index (χ4v) is 7.69. The average Bonchev–Trinajstić information content (AvgIpc) is 3.39. The van der Waals surface area contributed by atoms with E-state index in [4.69, 9.17) is 9.47 Å². The van der Waals surface area contributed by atoms with Crippen molar-refractivity contribution in [2.45, 2.75) is 44.9 Å². The Morgan fingerprint density at radius 1 is 0.889 bits per heavy atom. The molecule has 5 heteroatoms. The molecule has 4 fully saturated rings. The number of carbonyl (C=O) groups excluding carboxylic acids is 3. The number of allylic oxidation sites excluding steroid dienone is 2. The zero-order valence-electron chi connectivity index (χ0n) is 16.1. The van der Waals surface area contributed by atoms with Crippen molar-refractivity contribution < 1.29 is 23.9 Å². The number of hydrogen-bond acceptors (Lipinski definition) is 5. The number of rotatable bonds is 2. The molecule has 0 heterocycles. The Morgan fingerprint density at radius 3 is 2.33 bits per heavy atom. The molecule has 5 rings (SSSR count). The smallest absolute Gasteiger partial charge is 0.310 e. The number of hydrogen-bond donors (Lipinski definition) is 0. The molecule has 27 heavy (non-hydrogen) atoms. The summed E-state index contributed by atoms with van der Waals surface area (Å²) < 4.78 is 10.3. The van der Waals surface area contributed by atoms with Gasteiger partial charge in [-0.15, -0.1) is 0 Å². The van der Waals surface area contributed by atoms with Crippen LogP contribution in [0.5, 0.6) is 0 Å². The number of ether oxygens (including phenoxy) is 2. The van der Waals surface area contributed by atoms with Crippen molar-refractivity contribution in [1.82, 2.24) is 0 Å². The maximum Gasteiger partial charge on any atom is 0.310 e. The molecule has 5 aliphatic rings. The Balaban J connectivity index is 1.69. The highest BCUT2D eigenvalue weighted by Crippen LogP contribution is 2.66. The largest absolute Gasteiger partial charge is 0.469 e. The van der Waals surface area contributed by atoms with E-state index < -0.39 is 11.8 Å². The summed E-state index contributed by atoms with van der Waals surface area (Å²) in [5.74, 6) is -0.320. The minimum absolute atomic E-state index is 0.0398. The second-order valence-electron chi connectivity index (χ2n) is 9.22. The van der Waals surface area contributed by atoms with Gasteiger partial charge in [0.15, 0.2) is 5.78 Å². The van der Waals surface area contributed by atoms with Crippen LogP contribution in [-0.4, -0.2) is 31.9 Å². The Hall–Kier alpha value is -1.65. The molecule has 0 spiro atoms. The van der Waals surface area contributed by atoms with E-state index >= 15 is 0 Å². The third kappa shape index (κ3) is 2.20. The van der Waals surface area contributed by atoms with Crippen LogP contribution in [0.1, 0.15) is 44.9 Å². The van der Waals surface area contributed by atoms with Crippen LogP contribution in [0, 0.1) is 47.3 Å². The second-order valence-corrected chi connectivity index (χ2v) is 9.22. The molecule has 5 aliphatic carbocycles. The summed E-state index contributed by atoms with van der Waals surface area (Å²) in [6, 6.07) is 0. The van der Waals surface area contributed by atoms with Gasteiger partial charge in [-0.3, -0.25) is 14.4 Å². The molecule has 0 aromatic rings. The van der Waals surface area contributed by atoms with Gasteiger partial charge in [-0.1, -0.05) is 12.0 Å². The Labute approximate surface area is 159 Å². The zero-order chi connectivity index (χ0) is 18.9. The fourth-order valence-electron chi connectivity index (χ4n) is 7.69. The number of fused-ring (bicyclic) bond motifs is 8. The van der Waals surface area contributed by atoms with E-state index in [0.717, 1.165) is 50.5 Å². The molecule has 0 aromatic heterocycles. The molecule has 0 aliphatic heterocycles. The predicted molar refractivity (Wildman–Crippen MR) is 96.3 cm³/mol. The van der Waals surface area contributed by atoms with Gasteiger partial charge in [-0.25, -0.2) is 0 Å². The summed E-state index contributed by atoms with van der Waals surface area (Å²) in [7, 11) is 2.80. The standard InChI is InChI=1S/C22H28O5/c1-26-21(24)17-13-6-4-3-5-12(13)16-18(19(17)22(25)27-2)14-10-7-8-11(9-10)15(14)20(16)23/h10-11,13-15,17-19H,3-9H2,1-2H3/t10-,11+,13+,14+,15-,17-,18-,19+/m1/s1. The van der Waals surface area contributed by atoms with E-state index in [1.165, 1.54) is 19.8 Å². The summed E-state index contributed by atoms with van der Waals surface area (Å²) in [5, 5.41) is 0. The van der Waals surface area contributed by atoms with Gasteiger partial charge in [0.05, 0.1) is 26.1 Å². The first-order chi connectivity index (χ1) is 13.1. The number of ketones is 1. The van der Waals surface area contributed by atoms with E-state index in [1.807, 2.05) is 0 Å². The van der Waals surface area contributed by atoms with Gasteiger partial charge in [-0.2, -0.15) is 0 Å². The first-order valence-corrected chi connectivity index (χ1v) is 10.5. The van der Waals surface area contributed by atoms with Crippen LogP contribution in [0.4, 0.5) is 0 Å². The first kappa shape index (κ1) is 17.4. The summed E-state index contributed by atoms with van der Waals surface area (Å²) in [6.45, 7) is 0. The summed E-state index contributed by atoms with van der Waals surface area (Å²) in [6.07, 6.45) is 7.24. The maximum atomic E-state index is 13.5. The molecule has 0 aromatic carbocycles. The van der Waals surface area contributed by atoms with Gasteiger partial charge in [0.1, 0.15) is 0 Å². The lowest BCUT2D eigenvalue weighted by molar-refractivity contribution is -0.163. The molecule has 2 bridgehead atoms. The third-order valence-corrected chi connectivity index (χ3v) is 8.46. The van der Waals surface area contributed by atoms with Crippen LogP contribution in [0.15, 0.2) is 11.1 Å². The highest BCUT2D eigenvalue weighted by atomic mass is 16.5. The minimum Gasteiger partial charge on any atom is -0.469 e. The Morgan fingerprint density at radius 2 is 1.59 bits per heavy atom. The zero-order valence-corrected chi connectivity index (χ0v) is 16.1. The van der Waals surface area contributed by atoms with E-state index in [9.17, 15) is 14.4 Å². The maximum absolute atomic E-state index is 13.5. The lowest BCUT2D eigenvalue weighted by Crippen LogP contribution is -2.48. The van der Waals surface area contributed by atoms with E-state index in [2.05, 4.69) is 0 Å². The lowest BCUT2D eigenvalue weighted by atomic mass is 9.58. The van der Waals surface area contributed by atoms with Gasteiger partial charge in [0, 0.05) is 11.8 Å². The van der Waals surface area contributed by atoms with E-state index in [-0.39, 0.29) is 35.6 Å². The molecule has 0 amide bonds. The second kappa shape index (κ2) is 6.18. The first-order valence-electron chi connectivity index (χ1n) is 10.5. The Bertz CT molecular complexity index is 737. The van der Waals surface area contributed by atoms with E-state index in [0.29, 0.717) is 17.6 Å². The average molecular weight is 372 g/mol. The van der Waals surface area contributed by atoms with Crippen LogP contribution in [-0.2, 0) is 23.9 Å². The monoisotopic (exact) mass is 372 g/mol. The number of Topliss-reactive ketones (excluding diaryl/α,β-unsaturated/α-hetero) is 1. The van der Waals surface area contributed by atoms with Gasteiger partial charge < -0.3 is 9.47 Å². The predicted octanol–water partition coefficient (Wildman–Crippen LogP) is 2.93. The molecule has 0 saturated heterocycles. The van der Waals surface area contributed by atoms with Crippen LogP contribution in [0.25, 0.3) is 0 Å². The fraction of sp³-hybridized carbons (Fsp3) is 0.773. The van der Waals surface area contributed by atoms with Crippen LogP contribution < -0.4 is 0 Å². The highest BCUT2D eigenvalue weighted by Gasteiger charge is 2.66.